The first-order valence-electron chi connectivity index (χ1n) is 5.64. The third-order valence-electron chi connectivity index (χ3n) is 3.38. The average molecular weight is 200 g/mol. The monoisotopic (exact) mass is 200 g/mol. The van der Waals surface area contributed by atoms with E-state index in [0.717, 1.165) is 6.54 Å². The first kappa shape index (κ1) is 12.0. The lowest BCUT2D eigenvalue weighted by Crippen LogP contribution is -2.50. The number of rotatable bonds is 4. The van der Waals surface area contributed by atoms with Crippen LogP contribution in [0.25, 0.3) is 0 Å². The second-order valence-electron chi connectivity index (χ2n) is 4.59. The Bertz CT molecular complexity index is 161. The smallest absolute Gasteiger partial charge is 0.0558 e. The Morgan fingerprint density at radius 3 is 2.14 bits per heavy atom. The maximum absolute atomic E-state index is 8.94. The molecule has 0 heterocycles. The SMILES string of the molecule is CN(C)[C@@H]1CCCC[C@@H]1N(C)CCO. The topological polar surface area (TPSA) is 26.7 Å². The third kappa shape index (κ3) is 2.94. The van der Waals surface area contributed by atoms with Gasteiger partial charge in [-0.2, -0.15) is 0 Å². The summed E-state index contributed by atoms with van der Waals surface area (Å²) >= 11 is 0. The minimum atomic E-state index is 0.271. The molecule has 0 radical (unpaired) electrons. The number of hydrogen-bond donors (Lipinski definition) is 1. The molecule has 0 amide bonds. The molecule has 1 rings (SSSR count). The molecule has 1 N–H and O–H groups in total. The molecule has 0 saturated heterocycles. The van der Waals surface area contributed by atoms with Crippen molar-refractivity contribution in [2.45, 2.75) is 37.8 Å². The number of aliphatic hydroxyl groups excluding tert-OH is 1. The van der Waals surface area contributed by atoms with Gasteiger partial charge in [0.1, 0.15) is 0 Å². The Morgan fingerprint density at radius 2 is 1.64 bits per heavy atom. The molecule has 3 nitrogen and oxygen atoms in total. The van der Waals surface area contributed by atoms with Crippen LogP contribution >= 0.6 is 0 Å². The van der Waals surface area contributed by atoms with Crippen LogP contribution in [0.3, 0.4) is 0 Å². The number of hydrogen-bond acceptors (Lipinski definition) is 3. The van der Waals surface area contributed by atoms with Crippen LogP contribution in [0.2, 0.25) is 0 Å². The molecule has 1 fully saturated rings. The van der Waals surface area contributed by atoms with Crippen molar-refractivity contribution in [1.29, 1.82) is 0 Å². The van der Waals surface area contributed by atoms with Crippen molar-refractivity contribution in [2.75, 3.05) is 34.3 Å². The summed E-state index contributed by atoms with van der Waals surface area (Å²) in [5.41, 5.74) is 0. The lowest BCUT2D eigenvalue weighted by Gasteiger charge is -2.41. The van der Waals surface area contributed by atoms with Gasteiger partial charge in [-0.15, -0.1) is 0 Å². The first-order chi connectivity index (χ1) is 6.66. The van der Waals surface area contributed by atoms with E-state index in [1.807, 2.05) is 0 Å². The minimum absolute atomic E-state index is 0.271. The van der Waals surface area contributed by atoms with E-state index in [1.165, 1.54) is 25.7 Å². The van der Waals surface area contributed by atoms with Gasteiger partial charge in [0.05, 0.1) is 6.61 Å². The fourth-order valence-corrected chi connectivity index (χ4v) is 2.53. The number of nitrogens with zero attached hydrogens (tertiary/aromatic N) is 2. The Morgan fingerprint density at radius 1 is 1.07 bits per heavy atom. The molecule has 0 spiro atoms. The molecule has 0 aliphatic heterocycles. The van der Waals surface area contributed by atoms with Crippen LogP contribution in [0, 0.1) is 0 Å². The van der Waals surface area contributed by atoms with E-state index in [1.54, 1.807) is 0 Å². The van der Waals surface area contributed by atoms with Crippen LogP contribution in [0.4, 0.5) is 0 Å². The van der Waals surface area contributed by atoms with E-state index in [-0.39, 0.29) is 6.61 Å². The molecule has 2 atom stereocenters. The Balaban J connectivity index is 2.53. The number of likely N-dealkylation sites (N-methyl/N-ethyl adjacent to an activating group) is 2. The van der Waals surface area contributed by atoms with E-state index >= 15 is 0 Å². The number of aliphatic hydroxyl groups is 1. The molecular weight excluding hydrogens is 176 g/mol. The molecule has 0 bridgehead atoms. The van der Waals surface area contributed by atoms with Crippen molar-refractivity contribution in [3.8, 4) is 0 Å². The van der Waals surface area contributed by atoms with Crippen molar-refractivity contribution in [1.82, 2.24) is 9.80 Å². The van der Waals surface area contributed by atoms with Gasteiger partial charge in [-0.1, -0.05) is 12.8 Å². The Hall–Kier alpha value is -0.120. The van der Waals surface area contributed by atoms with E-state index in [4.69, 9.17) is 5.11 Å². The van der Waals surface area contributed by atoms with Gasteiger partial charge in [-0.05, 0) is 34.0 Å². The normalized spacial score (nSPS) is 28.7. The highest BCUT2D eigenvalue weighted by molar-refractivity contribution is 4.86. The second-order valence-corrected chi connectivity index (χ2v) is 4.59. The van der Waals surface area contributed by atoms with Crippen molar-refractivity contribution in [3.05, 3.63) is 0 Å². The summed E-state index contributed by atoms with van der Waals surface area (Å²) in [4.78, 5) is 4.64. The van der Waals surface area contributed by atoms with Gasteiger partial charge in [-0.25, -0.2) is 0 Å². The van der Waals surface area contributed by atoms with E-state index in [9.17, 15) is 0 Å². The average Bonchev–Trinajstić information content (AvgIpc) is 2.18. The summed E-state index contributed by atoms with van der Waals surface area (Å²) in [5.74, 6) is 0. The highest BCUT2D eigenvalue weighted by Gasteiger charge is 2.29. The summed E-state index contributed by atoms with van der Waals surface area (Å²) in [6.07, 6.45) is 5.27. The molecule has 1 saturated carbocycles. The zero-order valence-corrected chi connectivity index (χ0v) is 9.74. The largest absolute Gasteiger partial charge is 0.395 e. The van der Waals surface area contributed by atoms with E-state index in [0.29, 0.717) is 12.1 Å². The van der Waals surface area contributed by atoms with Gasteiger partial charge in [0.2, 0.25) is 0 Å². The summed E-state index contributed by atoms with van der Waals surface area (Å²) < 4.78 is 0. The van der Waals surface area contributed by atoms with Crippen LogP contribution in [0.15, 0.2) is 0 Å². The quantitative estimate of drug-likeness (QED) is 0.726. The lowest BCUT2D eigenvalue weighted by molar-refractivity contribution is 0.0792. The Labute approximate surface area is 87.7 Å². The molecule has 0 aromatic rings. The van der Waals surface area contributed by atoms with Gasteiger partial charge in [0.15, 0.2) is 0 Å². The maximum atomic E-state index is 8.94. The fourth-order valence-electron chi connectivity index (χ4n) is 2.53. The molecule has 1 aliphatic rings. The maximum Gasteiger partial charge on any atom is 0.0558 e. The molecule has 3 heteroatoms. The first-order valence-corrected chi connectivity index (χ1v) is 5.64. The van der Waals surface area contributed by atoms with Gasteiger partial charge >= 0.3 is 0 Å². The van der Waals surface area contributed by atoms with Crippen LogP contribution in [-0.4, -0.2) is 61.3 Å². The van der Waals surface area contributed by atoms with E-state index < -0.39 is 0 Å². The van der Waals surface area contributed by atoms with Crippen LogP contribution in [0.1, 0.15) is 25.7 Å². The summed E-state index contributed by atoms with van der Waals surface area (Å²) in [5, 5.41) is 8.94. The highest BCUT2D eigenvalue weighted by atomic mass is 16.3. The van der Waals surface area contributed by atoms with Crippen molar-refractivity contribution in [2.24, 2.45) is 0 Å². The molecule has 0 aromatic heterocycles. The molecule has 14 heavy (non-hydrogen) atoms. The van der Waals surface area contributed by atoms with Gasteiger partial charge in [0, 0.05) is 18.6 Å². The van der Waals surface area contributed by atoms with Gasteiger partial charge in [0.25, 0.3) is 0 Å². The summed E-state index contributed by atoms with van der Waals surface area (Å²) in [6, 6.07) is 1.30. The van der Waals surface area contributed by atoms with Crippen LogP contribution in [0.5, 0.6) is 0 Å². The predicted octanol–water partition coefficient (Wildman–Crippen LogP) is 0.783. The molecule has 84 valence electrons. The Kier molecular flexibility index (Phi) is 4.85. The molecule has 1 aliphatic carbocycles. The van der Waals surface area contributed by atoms with Gasteiger partial charge in [-0.3, -0.25) is 4.90 Å². The fraction of sp³-hybridized carbons (Fsp3) is 1.00. The third-order valence-corrected chi connectivity index (χ3v) is 3.38. The van der Waals surface area contributed by atoms with Crippen LogP contribution in [-0.2, 0) is 0 Å². The van der Waals surface area contributed by atoms with Crippen molar-refractivity contribution in [3.63, 3.8) is 0 Å². The second kappa shape index (κ2) is 5.69. The summed E-state index contributed by atoms with van der Waals surface area (Å²) in [6.45, 7) is 1.07. The van der Waals surface area contributed by atoms with Crippen molar-refractivity contribution < 1.29 is 5.11 Å². The zero-order chi connectivity index (χ0) is 10.6. The lowest BCUT2D eigenvalue weighted by atomic mass is 9.88. The molecule has 0 aromatic carbocycles. The van der Waals surface area contributed by atoms with Gasteiger partial charge < -0.3 is 10.0 Å². The molecular formula is C11H24N2O. The minimum Gasteiger partial charge on any atom is -0.395 e. The van der Waals surface area contributed by atoms with E-state index in [2.05, 4.69) is 30.9 Å². The van der Waals surface area contributed by atoms with Crippen LogP contribution < -0.4 is 0 Å². The zero-order valence-electron chi connectivity index (χ0n) is 9.74. The van der Waals surface area contributed by atoms with Crippen molar-refractivity contribution >= 4 is 0 Å². The predicted molar refractivity (Wildman–Crippen MR) is 59.4 cm³/mol. The standard InChI is InChI=1S/C11H24N2O/c1-12(2)10-6-4-5-7-11(10)13(3)8-9-14/h10-11,14H,4-9H2,1-3H3/t10-,11+/m1/s1. The molecule has 0 unspecified atom stereocenters. The highest BCUT2D eigenvalue weighted by Crippen LogP contribution is 2.24. The summed E-state index contributed by atoms with van der Waals surface area (Å²) in [7, 11) is 6.45.